The van der Waals surface area contributed by atoms with Crippen molar-refractivity contribution in [2.45, 2.75) is 23.8 Å². The summed E-state index contributed by atoms with van der Waals surface area (Å²) < 4.78 is 32.0. The van der Waals surface area contributed by atoms with Crippen LogP contribution in [0.3, 0.4) is 0 Å². The first-order valence-electron chi connectivity index (χ1n) is 6.77. The van der Waals surface area contributed by atoms with Gasteiger partial charge in [-0.1, -0.05) is 12.1 Å². The van der Waals surface area contributed by atoms with Gasteiger partial charge in [-0.25, -0.2) is 8.42 Å². The summed E-state index contributed by atoms with van der Waals surface area (Å²) in [6.45, 7) is 0.532. The highest BCUT2D eigenvalue weighted by Gasteiger charge is 2.36. The molecule has 0 radical (unpaired) electrons. The summed E-state index contributed by atoms with van der Waals surface area (Å²) in [7, 11) is -1.89. The highest BCUT2D eigenvalue weighted by atomic mass is 32.2. The number of hydrogen-bond donors (Lipinski definition) is 1. The molecule has 6 nitrogen and oxygen atoms in total. The molecule has 0 spiro atoms. The molecule has 0 unspecified atom stereocenters. The monoisotopic (exact) mass is 307 g/mol. The van der Waals surface area contributed by atoms with E-state index in [1.165, 1.54) is 12.4 Å². The lowest BCUT2D eigenvalue weighted by atomic mass is 10.1. The fourth-order valence-electron chi connectivity index (χ4n) is 2.70. The number of H-pyrrole nitrogens is 1. The van der Waals surface area contributed by atoms with Crippen molar-refractivity contribution in [1.29, 1.82) is 0 Å². The number of aromatic amines is 1. The molecular formula is C14H17N3O3S. The largest absolute Gasteiger partial charge is 0.497 e. The van der Waals surface area contributed by atoms with Crippen molar-refractivity contribution < 1.29 is 13.2 Å². The van der Waals surface area contributed by atoms with E-state index in [1.807, 2.05) is 24.3 Å². The normalized spacial score (nSPS) is 19.8. The zero-order chi connectivity index (χ0) is 14.9. The lowest BCUT2D eigenvalue weighted by Gasteiger charge is -2.23. The minimum Gasteiger partial charge on any atom is -0.497 e. The van der Waals surface area contributed by atoms with E-state index in [0.29, 0.717) is 6.54 Å². The number of rotatable bonds is 4. The Labute approximate surface area is 123 Å². The van der Waals surface area contributed by atoms with Crippen LogP contribution in [0.4, 0.5) is 0 Å². The molecule has 1 fully saturated rings. The molecule has 1 saturated heterocycles. The van der Waals surface area contributed by atoms with Crippen molar-refractivity contribution >= 4 is 10.0 Å². The van der Waals surface area contributed by atoms with E-state index in [-0.39, 0.29) is 10.9 Å². The molecule has 0 bridgehead atoms. The number of nitrogens with one attached hydrogen (secondary N) is 1. The van der Waals surface area contributed by atoms with Gasteiger partial charge < -0.3 is 4.74 Å². The van der Waals surface area contributed by atoms with Gasteiger partial charge >= 0.3 is 0 Å². The van der Waals surface area contributed by atoms with Gasteiger partial charge in [-0.15, -0.1) is 0 Å². The van der Waals surface area contributed by atoms with Crippen LogP contribution in [-0.2, 0) is 10.0 Å². The first kappa shape index (κ1) is 14.1. The first-order chi connectivity index (χ1) is 10.1. The molecule has 1 aromatic carbocycles. The molecule has 112 valence electrons. The summed E-state index contributed by atoms with van der Waals surface area (Å²) in [5.74, 6) is 0.765. The molecule has 1 atom stereocenters. The number of sulfonamides is 1. The number of benzene rings is 1. The van der Waals surface area contributed by atoms with E-state index in [9.17, 15) is 8.42 Å². The molecule has 1 aliphatic heterocycles. The van der Waals surface area contributed by atoms with Crippen molar-refractivity contribution in [3.05, 3.63) is 42.2 Å². The Morgan fingerprint density at radius 3 is 2.71 bits per heavy atom. The highest BCUT2D eigenvalue weighted by Crippen LogP contribution is 2.36. The summed E-state index contributed by atoms with van der Waals surface area (Å²) in [5, 5.41) is 6.29. The minimum atomic E-state index is -3.50. The number of ether oxygens (including phenoxy) is 1. The van der Waals surface area contributed by atoms with Crippen molar-refractivity contribution in [1.82, 2.24) is 14.5 Å². The van der Waals surface area contributed by atoms with Crippen LogP contribution >= 0.6 is 0 Å². The number of nitrogens with zero attached hydrogens (tertiary/aromatic N) is 2. The van der Waals surface area contributed by atoms with Crippen LogP contribution in [-0.4, -0.2) is 36.6 Å². The van der Waals surface area contributed by atoms with Crippen LogP contribution in [0.5, 0.6) is 5.75 Å². The quantitative estimate of drug-likeness (QED) is 0.936. The Morgan fingerprint density at radius 1 is 1.33 bits per heavy atom. The maximum absolute atomic E-state index is 12.6. The highest BCUT2D eigenvalue weighted by molar-refractivity contribution is 7.89. The Balaban J connectivity index is 1.92. The minimum absolute atomic E-state index is 0.129. The van der Waals surface area contributed by atoms with Gasteiger partial charge in [0.1, 0.15) is 10.6 Å². The molecule has 0 amide bonds. The third-order valence-electron chi connectivity index (χ3n) is 3.78. The lowest BCUT2D eigenvalue weighted by Crippen LogP contribution is -2.30. The Morgan fingerprint density at radius 2 is 2.10 bits per heavy atom. The van der Waals surface area contributed by atoms with Crippen molar-refractivity contribution in [3.8, 4) is 5.75 Å². The molecule has 0 aliphatic carbocycles. The van der Waals surface area contributed by atoms with Gasteiger partial charge in [0.15, 0.2) is 0 Å². The standard InChI is InChI=1S/C14H17N3O3S/c1-20-12-6-4-11(5-7-12)14-3-2-8-17(14)21(18,19)13-9-15-16-10-13/h4-7,9-10,14H,2-3,8H2,1H3,(H,15,16)/t14-/m1/s1. The molecule has 3 rings (SSSR count). The van der Waals surface area contributed by atoms with Crippen LogP contribution in [0, 0.1) is 0 Å². The van der Waals surface area contributed by atoms with E-state index in [1.54, 1.807) is 11.4 Å². The molecular weight excluding hydrogens is 290 g/mol. The predicted molar refractivity (Wildman–Crippen MR) is 77.4 cm³/mol. The third kappa shape index (κ3) is 2.54. The van der Waals surface area contributed by atoms with Gasteiger partial charge in [-0.2, -0.15) is 9.40 Å². The average Bonchev–Trinajstić information content (AvgIpc) is 3.19. The zero-order valence-corrected chi connectivity index (χ0v) is 12.5. The van der Waals surface area contributed by atoms with Crippen LogP contribution < -0.4 is 4.74 Å². The van der Waals surface area contributed by atoms with Crippen molar-refractivity contribution in [2.24, 2.45) is 0 Å². The predicted octanol–water partition coefficient (Wildman–Crippen LogP) is 1.94. The van der Waals surface area contributed by atoms with Crippen LogP contribution in [0.1, 0.15) is 24.4 Å². The van der Waals surface area contributed by atoms with Gasteiger partial charge in [0.05, 0.1) is 19.3 Å². The maximum Gasteiger partial charge on any atom is 0.246 e. The fraction of sp³-hybridized carbons (Fsp3) is 0.357. The summed E-state index contributed by atoms with van der Waals surface area (Å²) in [6.07, 6.45) is 4.44. The van der Waals surface area contributed by atoms with Crippen LogP contribution in [0.15, 0.2) is 41.6 Å². The molecule has 1 N–H and O–H groups in total. The summed E-state index contributed by atoms with van der Waals surface area (Å²) >= 11 is 0. The van der Waals surface area contributed by atoms with Crippen molar-refractivity contribution in [3.63, 3.8) is 0 Å². The second-order valence-electron chi connectivity index (χ2n) is 4.98. The first-order valence-corrected chi connectivity index (χ1v) is 8.21. The Hall–Kier alpha value is -1.86. The van der Waals surface area contributed by atoms with E-state index in [2.05, 4.69) is 10.2 Å². The SMILES string of the molecule is COc1ccc([C@H]2CCCN2S(=O)(=O)c2cn[nH]c2)cc1. The molecule has 7 heteroatoms. The molecule has 2 heterocycles. The Kier molecular flexibility index (Phi) is 3.69. The smallest absolute Gasteiger partial charge is 0.246 e. The molecule has 0 saturated carbocycles. The number of aromatic nitrogens is 2. The van der Waals surface area contributed by atoms with Gasteiger partial charge in [-0.3, -0.25) is 5.10 Å². The summed E-state index contributed by atoms with van der Waals surface area (Å²) in [4.78, 5) is 0.211. The molecule has 1 aromatic heterocycles. The lowest BCUT2D eigenvalue weighted by molar-refractivity contribution is 0.394. The second-order valence-corrected chi connectivity index (χ2v) is 6.87. The van der Waals surface area contributed by atoms with Gasteiger partial charge in [0.25, 0.3) is 0 Å². The van der Waals surface area contributed by atoms with E-state index < -0.39 is 10.0 Å². The Bertz CT molecular complexity index is 696. The van der Waals surface area contributed by atoms with Gasteiger partial charge in [-0.05, 0) is 30.5 Å². The number of methoxy groups -OCH3 is 1. The number of hydrogen-bond acceptors (Lipinski definition) is 4. The van der Waals surface area contributed by atoms with Crippen molar-refractivity contribution in [2.75, 3.05) is 13.7 Å². The zero-order valence-electron chi connectivity index (χ0n) is 11.7. The van der Waals surface area contributed by atoms with Gasteiger partial charge in [0.2, 0.25) is 10.0 Å². The summed E-state index contributed by atoms with van der Waals surface area (Å²) in [6, 6.07) is 7.43. The molecule has 1 aliphatic rings. The second kappa shape index (κ2) is 5.50. The van der Waals surface area contributed by atoms with Crippen LogP contribution in [0.25, 0.3) is 0 Å². The van der Waals surface area contributed by atoms with E-state index in [4.69, 9.17) is 4.74 Å². The van der Waals surface area contributed by atoms with E-state index >= 15 is 0 Å². The average molecular weight is 307 g/mol. The van der Waals surface area contributed by atoms with Crippen LogP contribution in [0.2, 0.25) is 0 Å². The topological polar surface area (TPSA) is 75.3 Å². The third-order valence-corrected chi connectivity index (χ3v) is 5.66. The van der Waals surface area contributed by atoms with E-state index in [0.717, 1.165) is 24.2 Å². The molecule has 2 aromatic rings. The maximum atomic E-state index is 12.6. The fourth-order valence-corrected chi connectivity index (χ4v) is 4.29. The molecule has 21 heavy (non-hydrogen) atoms. The van der Waals surface area contributed by atoms with Gasteiger partial charge in [0, 0.05) is 12.7 Å². The summed E-state index contributed by atoms with van der Waals surface area (Å²) in [5.41, 5.74) is 0.986.